The van der Waals surface area contributed by atoms with Crippen LogP contribution in [0, 0.1) is 6.92 Å². The van der Waals surface area contributed by atoms with Gasteiger partial charge in [-0.1, -0.05) is 23.7 Å². The van der Waals surface area contributed by atoms with E-state index >= 15 is 0 Å². The molecule has 1 aliphatic heterocycles. The fourth-order valence-corrected chi connectivity index (χ4v) is 2.72. The molecule has 3 rings (SSSR count). The number of furan rings is 1. The Kier molecular flexibility index (Phi) is 6.33. The average molecular weight is 342 g/mol. The van der Waals surface area contributed by atoms with E-state index in [2.05, 4.69) is 5.32 Å². The largest absolute Gasteiger partial charge is 0.460 e. The second-order valence-electron chi connectivity index (χ2n) is 5.50. The van der Waals surface area contributed by atoms with Crippen LogP contribution in [0.2, 0.25) is 5.02 Å². The Labute approximate surface area is 142 Å². The lowest BCUT2D eigenvalue weighted by atomic mass is 10.1. The van der Waals surface area contributed by atoms with E-state index in [0.29, 0.717) is 6.10 Å². The first-order chi connectivity index (χ1) is 10.2. The Morgan fingerprint density at radius 2 is 2.14 bits per heavy atom. The highest BCUT2D eigenvalue weighted by atomic mass is 35.5. The van der Waals surface area contributed by atoms with Crippen LogP contribution < -0.4 is 5.32 Å². The van der Waals surface area contributed by atoms with Gasteiger partial charge in [0.25, 0.3) is 0 Å². The maximum Gasteiger partial charge on any atom is 0.134 e. The van der Waals surface area contributed by atoms with Crippen LogP contribution >= 0.6 is 24.0 Å². The fourth-order valence-electron chi connectivity index (χ4n) is 2.54. The van der Waals surface area contributed by atoms with Gasteiger partial charge in [-0.3, -0.25) is 0 Å². The second-order valence-corrected chi connectivity index (χ2v) is 5.90. The van der Waals surface area contributed by atoms with Gasteiger partial charge in [0.05, 0.1) is 12.6 Å². The molecule has 22 heavy (non-hydrogen) atoms. The van der Waals surface area contributed by atoms with Gasteiger partial charge < -0.3 is 14.5 Å². The summed E-state index contributed by atoms with van der Waals surface area (Å²) in [7, 11) is 0. The molecule has 120 valence electrons. The van der Waals surface area contributed by atoms with Crippen LogP contribution in [-0.2, 0) is 11.3 Å². The van der Waals surface area contributed by atoms with E-state index in [0.717, 1.165) is 53.8 Å². The third-order valence-electron chi connectivity index (χ3n) is 3.81. The molecule has 1 aromatic heterocycles. The molecule has 5 heteroatoms. The van der Waals surface area contributed by atoms with Crippen LogP contribution in [0.25, 0.3) is 11.3 Å². The van der Waals surface area contributed by atoms with Crippen molar-refractivity contribution in [1.82, 2.24) is 5.32 Å². The molecule has 3 nitrogen and oxygen atoms in total. The summed E-state index contributed by atoms with van der Waals surface area (Å²) in [5, 5.41) is 4.15. The number of ether oxygens (including phenoxy) is 1. The van der Waals surface area contributed by atoms with Crippen molar-refractivity contribution < 1.29 is 9.15 Å². The highest BCUT2D eigenvalue weighted by molar-refractivity contribution is 6.31. The van der Waals surface area contributed by atoms with Gasteiger partial charge in [0, 0.05) is 23.7 Å². The quantitative estimate of drug-likeness (QED) is 0.862. The average Bonchev–Trinajstić information content (AvgIpc) is 3.13. The summed E-state index contributed by atoms with van der Waals surface area (Å²) in [4.78, 5) is 0. The van der Waals surface area contributed by atoms with Crippen molar-refractivity contribution in [2.45, 2.75) is 32.4 Å². The van der Waals surface area contributed by atoms with Gasteiger partial charge >= 0.3 is 0 Å². The topological polar surface area (TPSA) is 34.4 Å². The zero-order valence-corrected chi connectivity index (χ0v) is 14.2. The molecule has 0 saturated carbocycles. The van der Waals surface area contributed by atoms with Gasteiger partial charge in [-0.2, -0.15) is 0 Å². The normalized spacial score (nSPS) is 17.5. The van der Waals surface area contributed by atoms with Gasteiger partial charge in [0.15, 0.2) is 0 Å². The molecule has 1 aliphatic rings. The van der Waals surface area contributed by atoms with Gasteiger partial charge in [-0.15, -0.1) is 12.4 Å². The summed E-state index contributed by atoms with van der Waals surface area (Å²) in [6.45, 7) is 4.49. The molecule has 2 heterocycles. The van der Waals surface area contributed by atoms with Crippen LogP contribution in [-0.4, -0.2) is 19.3 Å². The van der Waals surface area contributed by atoms with Crippen LogP contribution in [0.15, 0.2) is 34.7 Å². The third kappa shape index (κ3) is 4.26. The number of aryl methyl sites for hydroxylation is 1. The monoisotopic (exact) mass is 341 g/mol. The number of benzene rings is 1. The maximum atomic E-state index is 6.16. The molecule has 0 amide bonds. The fraction of sp³-hybridized carbons (Fsp3) is 0.412. The first-order valence-electron chi connectivity index (χ1n) is 7.40. The zero-order valence-electron chi connectivity index (χ0n) is 12.6. The number of halogens is 2. The molecule has 1 atom stereocenters. The molecular formula is C17H21Cl2NO2. The van der Waals surface area contributed by atoms with Gasteiger partial charge in [-0.25, -0.2) is 0 Å². The molecule has 1 saturated heterocycles. The second kappa shape index (κ2) is 8.02. The summed E-state index contributed by atoms with van der Waals surface area (Å²) in [5.74, 6) is 1.78. The van der Waals surface area contributed by atoms with Crippen molar-refractivity contribution >= 4 is 24.0 Å². The summed E-state index contributed by atoms with van der Waals surface area (Å²) in [6.07, 6.45) is 2.68. The van der Waals surface area contributed by atoms with Crippen LogP contribution in [0.4, 0.5) is 0 Å². The third-order valence-corrected chi connectivity index (χ3v) is 4.22. The predicted molar refractivity (Wildman–Crippen MR) is 91.8 cm³/mol. The van der Waals surface area contributed by atoms with Crippen molar-refractivity contribution in [3.63, 3.8) is 0 Å². The Hall–Kier alpha value is -1.00. The van der Waals surface area contributed by atoms with Gasteiger partial charge in [-0.05, 0) is 43.5 Å². The van der Waals surface area contributed by atoms with E-state index in [1.54, 1.807) is 0 Å². The molecule has 0 aliphatic carbocycles. The van der Waals surface area contributed by atoms with E-state index in [9.17, 15) is 0 Å². The van der Waals surface area contributed by atoms with Gasteiger partial charge in [0.2, 0.25) is 0 Å². The Balaban J connectivity index is 0.00000176. The predicted octanol–water partition coefficient (Wildman–Crippen LogP) is 4.60. The summed E-state index contributed by atoms with van der Waals surface area (Å²) < 4.78 is 11.4. The molecule has 1 N–H and O–H groups in total. The summed E-state index contributed by atoms with van der Waals surface area (Å²) in [6, 6.07) is 9.98. The number of nitrogens with one attached hydrogen (secondary N) is 1. The number of rotatable bonds is 5. The van der Waals surface area contributed by atoms with E-state index in [4.69, 9.17) is 20.8 Å². The van der Waals surface area contributed by atoms with Crippen molar-refractivity contribution in [2.75, 3.05) is 13.2 Å². The number of hydrogen-bond donors (Lipinski definition) is 1. The molecular weight excluding hydrogens is 321 g/mol. The molecule has 1 aromatic carbocycles. The van der Waals surface area contributed by atoms with Crippen molar-refractivity contribution in [3.05, 3.63) is 46.7 Å². The lowest BCUT2D eigenvalue weighted by Crippen LogP contribution is -2.25. The molecule has 0 spiro atoms. The Bertz CT molecular complexity index is 606. The minimum atomic E-state index is 0. The molecule has 0 bridgehead atoms. The lowest BCUT2D eigenvalue weighted by Gasteiger charge is -2.09. The minimum Gasteiger partial charge on any atom is -0.460 e. The molecule has 0 radical (unpaired) electrons. The van der Waals surface area contributed by atoms with Crippen LogP contribution in [0.5, 0.6) is 0 Å². The standard InChI is InChI=1S/C17H20ClNO2.ClH/c1-12-4-5-13(9-16(12)18)17-7-6-15(21-17)11-19-10-14-3-2-8-20-14;/h4-7,9,14,19H,2-3,8,10-11H2,1H3;1H. The Morgan fingerprint density at radius 1 is 1.27 bits per heavy atom. The van der Waals surface area contributed by atoms with Gasteiger partial charge in [0.1, 0.15) is 11.5 Å². The lowest BCUT2D eigenvalue weighted by molar-refractivity contribution is 0.109. The molecule has 1 fully saturated rings. The first kappa shape index (κ1) is 17.4. The van der Waals surface area contributed by atoms with E-state index in [1.165, 1.54) is 6.42 Å². The smallest absolute Gasteiger partial charge is 0.134 e. The Morgan fingerprint density at radius 3 is 2.86 bits per heavy atom. The van der Waals surface area contributed by atoms with E-state index in [1.807, 2.05) is 37.3 Å². The summed E-state index contributed by atoms with van der Waals surface area (Å²) in [5.41, 5.74) is 2.08. The first-order valence-corrected chi connectivity index (χ1v) is 7.78. The van der Waals surface area contributed by atoms with E-state index in [-0.39, 0.29) is 12.4 Å². The van der Waals surface area contributed by atoms with Crippen LogP contribution in [0.3, 0.4) is 0 Å². The highest BCUT2D eigenvalue weighted by Gasteiger charge is 2.14. The minimum absolute atomic E-state index is 0. The number of hydrogen-bond acceptors (Lipinski definition) is 3. The van der Waals surface area contributed by atoms with E-state index < -0.39 is 0 Å². The van der Waals surface area contributed by atoms with Crippen molar-refractivity contribution in [1.29, 1.82) is 0 Å². The maximum absolute atomic E-state index is 6.16. The van der Waals surface area contributed by atoms with Crippen molar-refractivity contribution in [3.8, 4) is 11.3 Å². The highest BCUT2D eigenvalue weighted by Crippen LogP contribution is 2.26. The molecule has 2 aromatic rings. The zero-order chi connectivity index (χ0) is 14.7. The van der Waals surface area contributed by atoms with Crippen molar-refractivity contribution in [2.24, 2.45) is 0 Å². The molecule has 1 unspecified atom stereocenters. The van der Waals surface area contributed by atoms with Crippen LogP contribution in [0.1, 0.15) is 24.2 Å². The summed E-state index contributed by atoms with van der Waals surface area (Å²) >= 11 is 6.16. The SMILES string of the molecule is Cc1ccc(-c2ccc(CNCC3CCCO3)o2)cc1Cl.Cl.